The summed E-state index contributed by atoms with van der Waals surface area (Å²) in [6.07, 6.45) is 3.19. The van der Waals surface area contributed by atoms with Gasteiger partial charge in [-0.05, 0) is 12.1 Å². The first kappa shape index (κ1) is 15.3. The van der Waals surface area contributed by atoms with Crippen LogP contribution in [-0.4, -0.2) is 19.7 Å². The molecule has 0 aliphatic rings. The number of hydrogen-bond donors (Lipinski definition) is 0. The average Bonchev–Trinajstić information content (AvgIpc) is 2.98. The highest BCUT2D eigenvalue weighted by Crippen LogP contribution is 2.26. The zero-order valence-corrected chi connectivity index (χ0v) is 12.8. The smallest absolute Gasteiger partial charge is 0.180 e. The number of benzene rings is 2. The molecule has 25 heavy (non-hydrogen) atoms. The van der Waals surface area contributed by atoms with Gasteiger partial charge in [-0.25, -0.2) is 23.1 Å². The molecule has 4 nitrogen and oxygen atoms in total. The Morgan fingerprint density at radius 3 is 2.28 bits per heavy atom. The van der Waals surface area contributed by atoms with Crippen LogP contribution >= 0.6 is 0 Å². The number of para-hydroxylation sites is 1. The molecule has 0 atom stereocenters. The molecule has 0 saturated carbocycles. The van der Waals surface area contributed by atoms with E-state index in [9.17, 15) is 13.2 Å². The van der Waals surface area contributed by atoms with Crippen LogP contribution < -0.4 is 0 Å². The maximum absolute atomic E-state index is 14.0. The van der Waals surface area contributed by atoms with Crippen molar-refractivity contribution >= 4 is 10.9 Å². The highest BCUT2D eigenvalue weighted by Gasteiger charge is 2.17. The second-order valence-corrected chi connectivity index (χ2v) is 5.44. The van der Waals surface area contributed by atoms with Crippen LogP contribution in [0.3, 0.4) is 0 Å². The van der Waals surface area contributed by atoms with Crippen molar-refractivity contribution in [2.45, 2.75) is 6.54 Å². The molecule has 2 aromatic heterocycles. The van der Waals surface area contributed by atoms with E-state index in [1.807, 2.05) is 12.1 Å². The largest absolute Gasteiger partial charge is 0.259 e. The summed E-state index contributed by atoms with van der Waals surface area (Å²) in [5.41, 5.74) is 0.933. The molecule has 0 aliphatic carbocycles. The third kappa shape index (κ3) is 2.73. The first-order valence-electron chi connectivity index (χ1n) is 7.50. The van der Waals surface area contributed by atoms with E-state index in [1.165, 1.54) is 4.68 Å². The lowest BCUT2D eigenvalue weighted by molar-refractivity contribution is 0.511. The number of fused-ring (bicyclic) bond motifs is 1. The van der Waals surface area contributed by atoms with Gasteiger partial charge in [0.2, 0.25) is 0 Å². The Bertz CT molecular complexity index is 1040. The molecule has 0 saturated heterocycles. The summed E-state index contributed by atoms with van der Waals surface area (Å²) in [6, 6.07) is 10.3. The van der Waals surface area contributed by atoms with E-state index < -0.39 is 17.5 Å². The molecule has 0 spiro atoms. The Hall–Kier alpha value is -3.22. The molecular weight excluding hydrogens is 329 g/mol. The molecule has 0 amide bonds. The van der Waals surface area contributed by atoms with Gasteiger partial charge >= 0.3 is 0 Å². The standard InChI is InChI=1S/C18H11F3N4/c19-11-8-14(20)13(15(21)9-11)10-25-16-5-2-1-4-12(16)17(24-25)18-22-6-3-7-23-18/h1-9H,10H2. The Labute approximate surface area is 140 Å². The predicted octanol–water partition coefficient (Wildman–Crippen LogP) is 3.96. The molecule has 4 aromatic rings. The molecule has 0 bridgehead atoms. The highest BCUT2D eigenvalue weighted by molar-refractivity contribution is 5.91. The maximum Gasteiger partial charge on any atom is 0.180 e. The van der Waals surface area contributed by atoms with Crippen molar-refractivity contribution in [3.63, 3.8) is 0 Å². The Kier molecular flexibility index (Phi) is 3.68. The van der Waals surface area contributed by atoms with Gasteiger partial charge in [0.25, 0.3) is 0 Å². The zero-order valence-electron chi connectivity index (χ0n) is 12.8. The second kappa shape index (κ2) is 6.01. The minimum atomic E-state index is -0.956. The van der Waals surface area contributed by atoms with Gasteiger partial charge in [-0.1, -0.05) is 18.2 Å². The second-order valence-electron chi connectivity index (χ2n) is 5.44. The van der Waals surface area contributed by atoms with Gasteiger partial charge in [0.15, 0.2) is 5.82 Å². The number of aromatic nitrogens is 4. The van der Waals surface area contributed by atoms with Gasteiger partial charge in [0, 0.05) is 35.5 Å². The van der Waals surface area contributed by atoms with Crippen LogP contribution in [0.2, 0.25) is 0 Å². The van der Waals surface area contributed by atoms with Crippen LogP contribution in [0.25, 0.3) is 22.4 Å². The van der Waals surface area contributed by atoms with E-state index in [2.05, 4.69) is 15.1 Å². The fraction of sp³-hybridized carbons (Fsp3) is 0.0556. The van der Waals surface area contributed by atoms with Gasteiger partial charge in [0.1, 0.15) is 23.1 Å². The van der Waals surface area contributed by atoms with Crippen molar-refractivity contribution in [3.8, 4) is 11.5 Å². The third-order valence-electron chi connectivity index (χ3n) is 3.85. The van der Waals surface area contributed by atoms with E-state index in [1.54, 1.807) is 30.6 Å². The topological polar surface area (TPSA) is 43.6 Å². The summed E-state index contributed by atoms with van der Waals surface area (Å²) >= 11 is 0. The molecular formula is C18H11F3N4. The van der Waals surface area contributed by atoms with Crippen molar-refractivity contribution in [1.29, 1.82) is 0 Å². The normalized spacial score (nSPS) is 11.2. The van der Waals surface area contributed by atoms with Gasteiger partial charge in [0.05, 0.1) is 12.1 Å². The quantitative estimate of drug-likeness (QED) is 0.567. The van der Waals surface area contributed by atoms with E-state index >= 15 is 0 Å². The molecule has 124 valence electrons. The number of halogens is 3. The SMILES string of the molecule is Fc1cc(F)c(Cn2nc(-c3ncccn3)c3ccccc32)c(F)c1. The molecule has 0 aliphatic heterocycles. The van der Waals surface area contributed by atoms with Gasteiger partial charge in [-0.3, -0.25) is 4.68 Å². The lowest BCUT2D eigenvalue weighted by Gasteiger charge is -2.07. The van der Waals surface area contributed by atoms with Crippen LogP contribution in [-0.2, 0) is 6.54 Å². The van der Waals surface area contributed by atoms with E-state index in [-0.39, 0.29) is 12.1 Å². The maximum atomic E-state index is 14.0. The zero-order chi connectivity index (χ0) is 17.4. The summed E-state index contributed by atoms with van der Waals surface area (Å²) in [5, 5.41) is 5.18. The fourth-order valence-electron chi connectivity index (χ4n) is 2.71. The summed E-state index contributed by atoms with van der Waals surface area (Å²) in [6.45, 7) is -0.175. The Morgan fingerprint density at radius 2 is 1.56 bits per heavy atom. The Morgan fingerprint density at radius 1 is 0.880 bits per heavy atom. The first-order valence-corrected chi connectivity index (χ1v) is 7.50. The molecule has 0 unspecified atom stereocenters. The van der Waals surface area contributed by atoms with Gasteiger partial charge < -0.3 is 0 Å². The predicted molar refractivity (Wildman–Crippen MR) is 86.2 cm³/mol. The molecule has 0 radical (unpaired) electrons. The van der Waals surface area contributed by atoms with Gasteiger partial charge in [-0.2, -0.15) is 5.10 Å². The van der Waals surface area contributed by atoms with Crippen molar-refractivity contribution in [2.24, 2.45) is 0 Å². The molecule has 7 heteroatoms. The van der Waals surface area contributed by atoms with Crippen molar-refractivity contribution in [2.75, 3.05) is 0 Å². The molecule has 2 heterocycles. The summed E-state index contributed by atoms with van der Waals surface area (Å²) in [4.78, 5) is 8.36. The van der Waals surface area contributed by atoms with Crippen LogP contribution in [0.1, 0.15) is 5.56 Å². The minimum Gasteiger partial charge on any atom is -0.259 e. The lowest BCUT2D eigenvalue weighted by Crippen LogP contribution is -2.07. The number of rotatable bonds is 3. The monoisotopic (exact) mass is 340 g/mol. The van der Waals surface area contributed by atoms with E-state index in [4.69, 9.17) is 0 Å². The average molecular weight is 340 g/mol. The first-order chi connectivity index (χ1) is 12.1. The number of hydrogen-bond acceptors (Lipinski definition) is 3. The molecule has 4 rings (SSSR count). The van der Waals surface area contributed by atoms with Crippen LogP contribution in [0.4, 0.5) is 13.2 Å². The van der Waals surface area contributed by atoms with Gasteiger partial charge in [-0.15, -0.1) is 0 Å². The van der Waals surface area contributed by atoms with E-state index in [0.29, 0.717) is 29.2 Å². The summed E-state index contributed by atoms with van der Waals surface area (Å²) in [7, 11) is 0. The third-order valence-corrected chi connectivity index (χ3v) is 3.85. The van der Waals surface area contributed by atoms with Crippen molar-refractivity contribution < 1.29 is 13.2 Å². The Balaban J connectivity index is 1.87. The van der Waals surface area contributed by atoms with Crippen molar-refractivity contribution in [1.82, 2.24) is 19.7 Å². The summed E-state index contributed by atoms with van der Waals surface area (Å²) < 4.78 is 42.5. The van der Waals surface area contributed by atoms with Crippen LogP contribution in [0.5, 0.6) is 0 Å². The highest BCUT2D eigenvalue weighted by atomic mass is 19.1. The van der Waals surface area contributed by atoms with Crippen molar-refractivity contribution in [3.05, 3.63) is 77.9 Å². The fourth-order valence-corrected chi connectivity index (χ4v) is 2.71. The van der Waals surface area contributed by atoms with E-state index in [0.717, 1.165) is 5.39 Å². The van der Waals surface area contributed by atoms with Crippen LogP contribution in [0, 0.1) is 17.5 Å². The molecule has 2 aromatic carbocycles. The minimum absolute atomic E-state index is 0.175. The molecule has 0 fully saturated rings. The summed E-state index contributed by atoms with van der Waals surface area (Å²) in [5.74, 6) is -2.44. The number of nitrogens with zero attached hydrogens (tertiary/aromatic N) is 4. The van der Waals surface area contributed by atoms with Crippen LogP contribution in [0.15, 0.2) is 54.9 Å². The molecule has 0 N–H and O–H groups in total. The lowest BCUT2D eigenvalue weighted by atomic mass is 10.1.